The van der Waals surface area contributed by atoms with Gasteiger partial charge < -0.3 is 15.1 Å². The van der Waals surface area contributed by atoms with Crippen LogP contribution in [-0.4, -0.2) is 17.4 Å². The molecule has 1 aromatic carbocycles. The number of nitrogens with one attached hydrogen (secondary N) is 2. The molecule has 0 saturated heterocycles. The van der Waals surface area contributed by atoms with Crippen LogP contribution in [0.2, 0.25) is 0 Å². The van der Waals surface area contributed by atoms with Crippen molar-refractivity contribution in [3.8, 4) is 0 Å². The van der Waals surface area contributed by atoms with E-state index < -0.39 is 4.92 Å². The van der Waals surface area contributed by atoms with Gasteiger partial charge in [-0.25, -0.2) is 4.99 Å². The molecule has 7 heteroatoms. The normalized spacial score (nSPS) is 11.3. The first-order valence-electron chi connectivity index (χ1n) is 7.47. The van der Waals surface area contributed by atoms with Gasteiger partial charge in [0, 0.05) is 18.7 Å². The van der Waals surface area contributed by atoms with Crippen LogP contribution < -0.4 is 10.6 Å². The molecule has 0 bridgehead atoms. The van der Waals surface area contributed by atoms with Crippen LogP contribution in [0.1, 0.15) is 24.7 Å². The molecule has 0 amide bonds. The number of nitro groups is 1. The maximum atomic E-state index is 10.6. The van der Waals surface area contributed by atoms with Gasteiger partial charge in [-0.15, -0.1) is 0 Å². The first-order chi connectivity index (χ1) is 11.2. The number of aliphatic imine (C=N–C) groups is 1. The summed E-state index contributed by atoms with van der Waals surface area (Å²) in [6, 6.07) is 10.1. The Balaban J connectivity index is 1.96. The molecule has 122 valence electrons. The summed E-state index contributed by atoms with van der Waals surface area (Å²) in [5, 5.41) is 17.1. The van der Waals surface area contributed by atoms with Crippen LogP contribution in [0, 0.1) is 10.1 Å². The van der Waals surface area contributed by atoms with E-state index in [9.17, 15) is 10.1 Å². The van der Waals surface area contributed by atoms with E-state index in [2.05, 4.69) is 22.5 Å². The van der Waals surface area contributed by atoms with Gasteiger partial charge in [-0.1, -0.05) is 19.1 Å². The molecule has 0 saturated carbocycles. The van der Waals surface area contributed by atoms with E-state index in [-0.39, 0.29) is 5.69 Å². The van der Waals surface area contributed by atoms with E-state index in [1.807, 2.05) is 12.1 Å². The Morgan fingerprint density at radius 2 is 2.04 bits per heavy atom. The summed E-state index contributed by atoms with van der Waals surface area (Å²) < 4.78 is 5.28. The average molecular weight is 316 g/mol. The Morgan fingerprint density at radius 1 is 1.26 bits per heavy atom. The number of benzene rings is 1. The summed E-state index contributed by atoms with van der Waals surface area (Å²) in [4.78, 5) is 14.7. The Bertz CT molecular complexity index is 636. The minimum Gasteiger partial charge on any atom is -0.467 e. The van der Waals surface area contributed by atoms with E-state index in [0.29, 0.717) is 19.0 Å². The topological polar surface area (TPSA) is 92.7 Å². The van der Waals surface area contributed by atoms with Crippen LogP contribution in [-0.2, 0) is 13.1 Å². The van der Waals surface area contributed by atoms with E-state index in [4.69, 9.17) is 4.42 Å². The fourth-order valence-corrected chi connectivity index (χ4v) is 1.90. The van der Waals surface area contributed by atoms with Crippen molar-refractivity contribution in [2.45, 2.75) is 26.4 Å². The first kappa shape index (κ1) is 16.5. The van der Waals surface area contributed by atoms with Gasteiger partial charge >= 0.3 is 0 Å². The minimum absolute atomic E-state index is 0.0815. The van der Waals surface area contributed by atoms with E-state index in [1.165, 1.54) is 12.1 Å². The van der Waals surface area contributed by atoms with Gasteiger partial charge in [0.05, 0.1) is 24.3 Å². The third-order valence-corrected chi connectivity index (χ3v) is 3.12. The minimum atomic E-state index is -0.411. The summed E-state index contributed by atoms with van der Waals surface area (Å²) in [5.41, 5.74) is 0.990. The highest BCUT2D eigenvalue weighted by Gasteiger charge is 2.04. The molecule has 0 atom stereocenters. The molecule has 0 fully saturated rings. The number of non-ortho nitro benzene ring substituents is 1. The van der Waals surface area contributed by atoms with Crippen LogP contribution >= 0.6 is 0 Å². The first-order valence-corrected chi connectivity index (χ1v) is 7.47. The molecule has 0 radical (unpaired) electrons. The lowest BCUT2D eigenvalue weighted by Gasteiger charge is -2.11. The standard InChI is InChI=1S/C16H20N4O3/c1-2-9-17-16(19-12-15-4-3-10-23-15)18-11-13-5-7-14(8-6-13)20(21)22/h3-8,10H,2,9,11-12H2,1H3,(H2,17,18,19). The van der Waals surface area contributed by atoms with Gasteiger partial charge in [0.25, 0.3) is 5.69 Å². The molecule has 2 N–H and O–H groups in total. The smallest absolute Gasteiger partial charge is 0.269 e. The fourth-order valence-electron chi connectivity index (χ4n) is 1.90. The van der Waals surface area contributed by atoms with E-state index in [0.717, 1.165) is 24.3 Å². The highest BCUT2D eigenvalue weighted by atomic mass is 16.6. The number of nitrogens with zero attached hydrogens (tertiary/aromatic N) is 2. The van der Waals surface area contributed by atoms with Crippen LogP contribution in [0.4, 0.5) is 5.69 Å². The number of guanidine groups is 1. The molecular formula is C16H20N4O3. The molecule has 0 spiro atoms. The highest BCUT2D eigenvalue weighted by molar-refractivity contribution is 5.79. The molecule has 2 aromatic rings. The van der Waals surface area contributed by atoms with Gasteiger partial charge in [0.15, 0.2) is 5.96 Å². The summed E-state index contributed by atoms with van der Waals surface area (Å²) in [6.07, 6.45) is 2.61. The van der Waals surface area contributed by atoms with Crippen molar-refractivity contribution in [1.82, 2.24) is 10.6 Å². The van der Waals surface area contributed by atoms with Crippen LogP contribution in [0.5, 0.6) is 0 Å². The Labute approximate surface area is 134 Å². The molecule has 23 heavy (non-hydrogen) atoms. The summed E-state index contributed by atoms with van der Waals surface area (Å²) >= 11 is 0. The molecule has 7 nitrogen and oxygen atoms in total. The maximum absolute atomic E-state index is 10.6. The largest absolute Gasteiger partial charge is 0.467 e. The molecule has 2 rings (SSSR count). The number of rotatable bonds is 7. The zero-order valence-corrected chi connectivity index (χ0v) is 13.0. The van der Waals surface area contributed by atoms with Crippen molar-refractivity contribution >= 4 is 11.6 Å². The van der Waals surface area contributed by atoms with Crippen molar-refractivity contribution in [3.05, 3.63) is 64.1 Å². The lowest BCUT2D eigenvalue weighted by atomic mass is 10.2. The zero-order chi connectivity index (χ0) is 16.5. The summed E-state index contributed by atoms with van der Waals surface area (Å²) in [6.45, 7) is 3.87. The summed E-state index contributed by atoms with van der Waals surface area (Å²) in [5.74, 6) is 1.51. The van der Waals surface area contributed by atoms with Gasteiger partial charge in [0.1, 0.15) is 5.76 Å². The van der Waals surface area contributed by atoms with Gasteiger partial charge in [-0.3, -0.25) is 10.1 Å². The van der Waals surface area contributed by atoms with Crippen LogP contribution in [0.15, 0.2) is 52.1 Å². The number of furan rings is 1. The van der Waals surface area contributed by atoms with E-state index in [1.54, 1.807) is 18.4 Å². The summed E-state index contributed by atoms with van der Waals surface area (Å²) in [7, 11) is 0. The molecule has 1 aromatic heterocycles. The monoisotopic (exact) mass is 316 g/mol. The predicted molar refractivity (Wildman–Crippen MR) is 88.1 cm³/mol. The quantitative estimate of drug-likeness (QED) is 0.354. The molecule has 1 heterocycles. The number of nitro benzene ring substituents is 1. The van der Waals surface area contributed by atoms with Crippen LogP contribution in [0.25, 0.3) is 0 Å². The SMILES string of the molecule is CCCNC(=NCc1ccc([N+](=O)[O-])cc1)NCc1ccco1. The zero-order valence-electron chi connectivity index (χ0n) is 13.0. The second-order valence-electron chi connectivity index (χ2n) is 4.95. The maximum Gasteiger partial charge on any atom is 0.269 e. The molecular weight excluding hydrogens is 296 g/mol. The van der Waals surface area contributed by atoms with Gasteiger partial charge in [-0.2, -0.15) is 0 Å². The van der Waals surface area contributed by atoms with Crippen molar-refractivity contribution in [3.63, 3.8) is 0 Å². The molecule has 0 aliphatic rings. The molecule has 0 aliphatic heterocycles. The number of hydrogen-bond donors (Lipinski definition) is 2. The van der Waals surface area contributed by atoms with Gasteiger partial charge in [-0.05, 0) is 24.1 Å². The van der Waals surface area contributed by atoms with Crippen molar-refractivity contribution in [1.29, 1.82) is 0 Å². The number of hydrogen-bond acceptors (Lipinski definition) is 4. The Hall–Kier alpha value is -2.83. The Morgan fingerprint density at radius 3 is 2.65 bits per heavy atom. The molecule has 0 unspecified atom stereocenters. The third kappa shape index (κ3) is 5.46. The van der Waals surface area contributed by atoms with Gasteiger partial charge in [0.2, 0.25) is 0 Å². The van der Waals surface area contributed by atoms with E-state index >= 15 is 0 Å². The second-order valence-corrected chi connectivity index (χ2v) is 4.95. The highest BCUT2D eigenvalue weighted by Crippen LogP contribution is 2.12. The Kier molecular flexibility index (Phi) is 6.17. The lowest BCUT2D eigenvalue weighted by molar-refractivity contribution is -0.384. The van der Waals surface area contributed by atoms with Crippen LogP contribution in [0.3, 0.4) is 0 Å². The second kappa shape index (κ2) is 8.57. The third-order valence-electron chi connectivity index (χ3n) is 3.12. The van der Waals surface area contributed by atoms with Crippen molar-refractivity contribution < 1.29 is 9.34 Å². The fraction of sp³-hybridized carbons (Fsp3) is 0.312. The lowest BCUT2D eigenvalue weighted by Crippen LogP contribution is -2.37. The average Bonchev–Trinajstić information content (AvgIpc) is 3.08. The van der Waals surface area contributed by atoms with Crippen molar-refractivity contribution in [2.24, 2.45) is 4.99 Å². The van der Waals surface area contributed by atoms with Crippen molar-refractivity contribution in [2.75, 3.05) is 6.54 Å². The molecule has 0 aliphatic carbocycles. The predicted octanol–water partition coefficient (Wildman–Crippen LogP) is 2.83.